The van der Waals surface area contributed by atoms with Crippen molar-refractivity contribution in [3.63, 3.8) is 0 Å². The topological polar surface area (TPSA) is 44.5 Å². The van der Waals surface area contributed by atoms with Crippen molar-refractivity contribution in [2.75, 3.05) is 26.9 Å². The van der Waals surface area contributed by atoms with Gasteiger partial charge >= 0.3 is 0 Å². The van der Waals surface area contributed by atoms with Crippen LogP contribution in [0.4, 0.5) is 0 Å². The minimum Gasteiger partial charge on any atom is -0.382 e. The van der Waals surface area contributed by atoms with E-state index >= 15 is 0 Å². The Labute approximate surface area is 119 Å². The Bertz CT molecular complexity index is 237. The molecule has 0 saturated heterocycles. The summed E-state index contributed by atoms with van der Waals surface area (Å²) in [6.45, 7) is 9.32. The Balaban J connectivity index is 2.23. The van der Waals surface area contributed by atoms with Gasteiger partial charge in [-0.2, -0.15) is 0 Å². The fourth-order valence-corrected chi connectivity index (χ4v) is 3.10. The average Bonchev–Trinajstić information content (AvgIpc) is 2.34. The molecule has 0 heterocycles. The van der Waals surface area contributed by atoms with Crippen molar-refractivity contribution in [3.05, 3.63) is 0 Å². The molecule has 0 aromatic heterocycles. The lowest BCUT2D eigenvalue weighted by Crippen LogP contribution is -2.39. The highest BCUT2D eigenvalue weighted by molar-refractivity contribution is 4.87. The summed E-state index contributed by atoms with van der Waals surface area (Å²) >= 11 is 0. The highest BCUT2D eigenvalue weighted by Crippen LogP contribution is 2.41. The van der Waals surface area contributed by atoms with E-state index in [1.165, 1.54) is 25.7 Å². The lowest BCUT2D eigenvalue weighted by molar-refractivity contribution is 0.0622. The normalized spacial score (nSPS) is 28.6. The first-order valence-electron chi connectivity index (χ1n) is 7.77. The maximum atomic E-state index is 6.29. The summed E-state index contributed by atoms with van der Waals surface area (Å²) in [5.74, 6) is 1.51. The standard InChI is InChI=1S/C16H33NO2/c1-16(2,3)14-7-8-15(17)13(12-14)6-5-9-19-11-10-18-4/h13-15H,5-12,17H2,1-4H3. The second-order valence-corrected chi connectivity index (χ2v) is 7.05. The van der Waals surface area contributed by atoms with Crippen LogP contribution < -0.4 is 5.73 Å². The molecular weight excluding hydrogens is 238 g/mol. The summed E-state index contributed by atoms with van der Waals surface area (Å²) in [7, 11) is 1.71. The van der Waals surface area contributed by atoms with Crippen molar-refractivity contribution in [2.24, 2.45) is 23.0 Å². The minimum absolute atomic E-state index is 0.401. The number of methoxy groups -OCH3 is 1. The predicted molar refractivity (Wildman–Crippen MR) is 80.2 cm³/mol. The van der Waals surface area contributed by atoms with Gasteiger partial charge in [-0.3, -0.25) is 0 Å². The Morgan fingerprint density at radius 2 is 1.84 bits per heavy atom. The summed E-state index contributed by atoms with van der Waals surface area (Å²) in [6, 6.07) is 0.401. The van der Waals surface area contributed by atoms with E-state index in [1.807, 2.05) is 0 Å². The number of hydrogen-bond donors (Lipinski definition) is 1. The van der Waals surface area contributed by atoms with Gasteiger partial charge in [0.1, 0.15) is 0 Å². The van der Waals surface area contributed by atoms with Gasteiger partial charge in [0.2, 0.25) is 0 Å². The van der Waals surface area contributed by atoms with Crippen LogP contribution in [-0.2, 0) is 9.47 Å². The van der Waals surface area contributed by atoms with E-state index < -0.39 is 0 Å². The highest BCUT2D eigenvalue weighted by atomic mass is 16.5. The monoisotopic (exact) mass is 271 g/mol. The van der Waals surface area contributed by atoms with E-state index in [0.29, 0.717) is 30.6 Å². The SMILES string of the molecule is COCCOCCCC1CC(C(C)(C)C)CCC1N. The molecule has 1 aliphatic rings. The Kier molecular flexibility index (Phi) is 7.33. The fraction of sp³-hybridized carbons (Fsp3) is 1.00. The molecule has 0 aliphatic heterocycles. The third-order valence-corrected chi connectivity index (χ3v) is 4.56. The van der Waals surface area contributed by atoms with Crippen molar-refractivity contribution in [2.45, 2.75) is 58.9 Å². The van der Waals surface area contributed by atoms with Crippen LogP contribution in [0.25, 0.3) is 0 Å². The summed E-state index contributed by atoms with van der Waals surface area (Å²) in [5, 5.41) is 0. The second-order valence-electron chi connectivity index (χ2n) is 7.05. The zero-order valence-corrected chi connectivity index (χ0v) is 13.3. The van der Waals surface area contributed by atoms with E-state index in [4.69, 9.17) is 15.2 Å². The zero-order chi connectivity index (χ0) is 14.3. The second kappa shape index (κ2) is 8.23. The van der Waals surface area contributed by atoms with Crippen LogP contribution in [0, 0.1) is 17.3 Å². The van der Waals surface area contributed by atoms with Gasteiger partial charge < -0.3 is 15.2 Å². The van der Waals surface area contributed by atoms with Crippen LogP contribution in [0.3, 0.4) is 0 Å². The molecule has 1 saturated carbocycles. The summed E-state index contributed by atoms with van der Waals surface area (Å²) in [5.41, 5.74) is 6.71. The van der Waals surface area contributed by atoms with Crippen molar-refractivity contribution in [1.82, 2.24) is 0 Å². The van der Waals surface area contributed by atoms with E-state index in [1.54, 1.807) is 7.11 Å². The maximum Gasteiger partial charge on any atom is 0.0700 e. The molecule has 19 heavy (non-hydrogen) atoms. The van der Waals surface area contributed by atoms with Crippen molar-refractivity contribution in [3.8, 4) is 0 Å². The maximum absolute atomic E-state index is 6.29. The molecule has 114 valence electrons. The zero-order valence-electron chi connectivity index (χ0n) is 13.3. The van der Waals surface area contributed by atoms with Gasteiger partial charge in [0.05, 0.1) is 13.2 Å². The van der Waals surface area contributed by atoms with E-state index in [2.05, 4.69) is 20.8 Å². The van der Waals surface area contributed by atoms with Gasteiger partial charge in [0, 0.05) is 19.8 Å². The Morgan fingerprint density at radius 1 is 1.11 bits per heavy atom. The van der Waals surface area contributed by atoms with Crippen molar-refractivity contribution in [1.29, 1.82) is 0 Å². The lowest BCUT2D eigenvalue weighted by atomic mass is 9.67. The van der Waals surface area contributed by atoms with E-state index in [9.17, 15) is 0 Å². The third-order valence-electron chi connectivity index (χ3n) is 4.56. The molecule has 1 aliphatic carbocycles. The molecule has 3 heteroatoms. The molecule has 3 nitrogen and oxygen atoms in total. The van der Waals surface area contributed by atoms with Gasteiger partial charge in [-0.05, 0) is 49.4 Å². The van der Waals surface area contributed by atoms with Crippen LogP contribution in [0.5, 0.6) is 0 Å². The van der Waals surface area contributed by atoms with Crippen LogP contribution >= 0.6 is 0 Å². The molecule has 0 aromatic carbocycles. The summed E-state index contributed by atoms with van der Waals surface area (Å²) in [6.07, 6.45) is 6.12. The van der Waals surface area contributed by atoms with Crippen LogP contribution in [0.1, 0.15) is 52.9 Å². The largest absolute Gasteiger partial charge is 0.382 e. The number of hydrogen-bond acceptors (Lipinski definition) is 3. The quantitative estimate of drug-likeness (QED) is 0.723. The first kappa shape index (κ1) is 16.9. The molecule has 2 N–H and O–H groups in total. The fourth-order valence-electron chi connectivity index (χ4n) is 3.10. The first-order chi connectivity index (χ1) is 8.95. The molecule has 3 unspecified atom stereocenters. The summed E-state index contributed by atoms with van der Waals surface area (Å²) < 4.78 is 10.5. The molecular formula is C16H33NO2. The molecule has 0 radical (unpaired) electrons. The van der Waals surface area contributed by atoms with Gasteiger partial charge in [-0.25, -0.2) is 0 Å². The first-order valence-corrected chi connectivity index (χ1v) is 7.77. The van der Waals surface area contributed by atoms with Crippen LogP contribution in [0.15, 0.2) is 0 Å². The van der Waals surface area contributed by atoms with Crippen molar-refractivity contribution < 1.29 is 9.47 Å². The van der Waals surface area contributed by atoms with Crippen LogP contribution in [-0.4, -0.2) is 33.0 Å². The van der Waals surface area contributed by atoms with Gasteiger partial charge in [-0.1, -0.05) is 20.8 Å². The van der Waals surface area contributed by atoms with E-state index in [-0.39, 0.29) is 0 Å². The molecule has 0 amide bonds. The molecule has 0 spiro atoms. The summed E-state index contributed by atoms with van der Waals surface area (Å²) in [4.78, 5) is 0. The Morgan fingerprint density at radius 3 is 2.47 bits per heavy atom. The minimum atomic E-state index is 0.401. The van der Waals surface area contributed by atoms with Gasteiger partial charge in [0.15, 0.2) is 0 Å². The van der Waals surface area contributed by atoms with Crippen molar-refractivity contribution >= 4 is 0 Å². The molecule has 0 bridgehead atoms. The van der Waals surface area contributed by atoms with Gasteiger partial charge in [-0.15, -0.1) is 0 Å². The lowest BCUT2D eigenvalue weighted by Gasteiger charge is -2.40. The molecule has 0 aromatic rings. The molecule has 1 fully saturated rings. The third kappa shape index (κ3) is 6.24. The number of rotatable bonds is 7. The van der Waals surface area contributed by atoms with Crippen LogP contribution in [0.2, 0.25) is 0 Å². The number of ether oxygens (including phenoxy) is 2. The van der Waals surface area contributed by atoms with Gasteiger partial charge in [0.25, 0.3) is 0 Å². The average molecular weight is 271 g/mol. The smallest absolute Gasteiger partial charge is 0.0700 e. The molecule has 3 atom stereocenters. The molecule has 1 rings (SSSR count). The Hall–Kier alpha value is -0.120. The van der Waals surface area contributed by atoms with E-state index in [0.717, 1.165) is 18.9 Å². The number of nitrogens with two attached hydrogens (primary N) is 1. The predicted octanol–water partition coefficient (Wildman–Crippen LogP) is 3.22. The highest BCUT2D eigenvalue weighted by Gasteiger charge is 2.33.